The van der Waals surface area contributed by atoms with Gasteiger partial charge in [-0.25, -0.2) is 9.67 Å². The zero-order chi connectivity index (χ0) is 22.1. The van der Waals surface area contributed by atoms with Crippen LogP contribution in [0.25, 0.3) is 0 Å². The molecule has 3 aromatic rings. The summed E-state index contributed by atoms with van der Waals surface area (Å²) in [6, 6.07) is 12.0. The first-order valence-corrected chi connectivity index (χ1v) is 11.6. The fraction of sp³-hybridized carbons (Fsp3) is 0.458. The number of ether oxygens (including phenoxy) is 2. The molecule has 7 nitrogen and oxygen atoms in total. The Labute approximate surface area is 193 Å². The van der Waals surface area contributed by atoms with E-state index < -0.39 is 0 Å². The minimum absolute atomic E-state index is 0.526. The average molecular weight is 454 g/mol. The molecule has 3 heterocycles. The van der Waals surface area contributed by atoms with Gasteiger partial charge >= 0.3 is 6.01 Å². The maximum absolute atomic E-state index is 6.09. The van der Waals surface area contributed by atoms with Crippen LogP contribution < -0.4 is 14.4 Å². The molecule has 1 aliphatic carbocycles. The van der Waals surface area contributed by atoms with Crippen LogP contribution in [0, 0.1) is 17.8 Å². The number of aryl methyl sites for hydroxylation is 1. The lowest BCUT2D eigenvalue weighted by molar-refractivity contribution is 0.265. The topological polar surface area (TPSA) is 65.3 Å². The Kier molecular flexibility index (Phi) is 5.91. The molecule has 2 aromatic heterocycles. The number of anilines is 1. The number of fused-ring (bicyclic) bond motifs is 2. The maximum Gasteiger partial charge on any atom is 0.320 e. The van der Waals surface area contributed by atoms with Gasteiger partial charge in [0.25, 0.3) is 0 Å². The summed E-state index contributed by atoms with van der Waals surface area (Å²) in [4.78, 5) is 11.5. The molecule has 168 valence electrons. The first-order chi connectivity index (χ1) is 15.6. The van der Waals surface area contributed by atoms with E-state index in [1.807, 2.05) is 35.1 Å². The highest BCUT2D eigenvalue weighted by atomic mass is 35.5. The molecule has 2 aliphatic rings. The Balaban J connectivity index is 1.29. The summed E-state index contributed by atoms with van der Waals surface area (Å²) >= 11 is 6.09. The second-order valence-electron chi connectivity index (χ2n) is 8.61. The van der Waals surface area contributed by atoms with Crippen molar-refractivity contribution in [2.24, 2.45) is 17.8 Å². The molecular weight excluding hydrogens is 426 g/mol. The van der Waals surface area contributed by atoms with Crippen molar-refractivity contribution in [2.45, 2.75) is 32.7 Å². The fourth-order valence-corrected chi connectivity index (χ4v) is 5.35. The van der Waals surface area contributed by atoms with E-state index in [0.29, 0.717) is 47.0 Å². The lowest BCUT2D eigenvalue weighted by atomic mass is 9.82. The standard InChI is InChI=1S/C24H28ClN5O2/c1-3-30-24(32-20-6-4-5-18(25)11-20)27-22(28-30)13-21-16-7-8-17(21)15-29(14-16)19-9-10-26-23(12-19)31-2/h4-6,9-12,16-17,21H,3,7-8,13-15H2,1-2H3. The lowest BCUT2D eigenvalue weighted by Crippen LogP contribution is -2.42. The van der Waals surface area contributed by atoms with Gasteiger partial charge in [0.2, 0.25) is 5.88 Å². The summed E-state index contributed by atoms with van der Waals surface area (Å²) < 4.78 is 13.1. The minimum Gasteiger partial charge on any atom is -0.481 e. The van der Waals surface area contributed by atoms with Crippen LogP contribution in [0.4, 0.5) is 5.69 Å². The van der Waals surface area contributed by atoms with Crippen molar-refractivity contribution >= 4 is 17.3 Å². The molecule has 0 amide bonds. The predicted octanol–water partition coefficient (Wildman–Crippen LogP) is 4.85. The molecule has 5 rings (SSSR count). The van der Waals surface area contributed by atoms with E-state index in [0.717, 1.165) is 25.3 Å². The van der Waals surface area contributed by atoms with Gasteiger partial charge in [0, 0.05) is 49.0 Å². The third-order valence-electron chi connectivity index (χ3n) is 6.73. The molecule has 0 spiro atoms. The lowest BCUT2D eigenvalue weighted by Gasteiger charge is -2.39. The number of methoxy groups -OCH3 is 1. The fourth-order valence-electron chi connectivity index (χ4n) is 5.17. The van der Waals surface area contributed by atoms with Gasteiger partial charge in [-0.05, 0) is 61.8 Å². The van der Waals surface area contributed by atoms with E-state index in [-0.39, 0.29) is 0 Å². The number of piperidine rings is 1. The van der Waals surface area contributed by atoms with Gasteiger partial charge in [0.05, 0.1) is 7.11 Å². The SMILES string of the molecule is CCn1nc(CC2C3CCC2CN(c2ccnc(OC)c2)C3)nc1Oc1cccc(Cl)c1. The van der Waals surface area contributed by atoms with E-state index >= 15 is 0 Å². The third-order valence-corrected chi connectivity index (χ3v) is 6.96. The Morgan fingerprint density at radius 2 is 1.94 bits per heavy atom. The monoisotopic (exact) mass is 453 g/mol. The molecule has 0 radical (unpaired) electrons. The highest BCUT2D eigenvalue weighted by Crippen LogP contribution is 2.44. The minimum atomic E-state index is 0.526. The van der Waals surface area contributed by atoms with Crippen molar-refractivity contribution in [2.75, 3.05) is 25.1 Å². The first kappa shape index (κ1) is 21.1. The van der Waals surface area contributed by atoms with Crippen LogP contribution >= 0.6 is 11.6 Å². The number of halogens is 1. The molecule has 8 heteroatoms. The molecule has 1 saturated carbocycles. The zero-order valence-corrected chi connectivity index (χ0v) is 19.2. The largest absolute Gasteiger partial charge is 0.481 e. The van der Waals surface area contributed by atoms with Crippen molar-refractivity contribution in [3.8, 4) is 17.6 Å². The highest BCUT2D eigenvalue weighted by molar-refractivity contribution is 6.30. The molecule has 1 saturated heterocycles. The molecule has 1 aromatic carbocycles. The normalized spacial score (nSPS) is 22.2. The number of pyridine rings is 1. The van der Waals surface area contributed by atoms with Crippen LogP contribution in [0.2, 0.25) is 5.02 Å². The van der Waals surface area contributed by atoms with Crippen LogP contribution in [-0.2, 0) is 13.0 Å². The predicted molar refractivity (Wildman–Crippen MR) is 124 cm³/mol. The molecular formula is C24H28ClN5O2. The van der Waals surface area contributed by atoms with Crippen LogP contribution in [0.1, 0.15) is 25.6 Å². The van der Waals surface area contributed by atoms with Crippen molar-refractivity contribution in [3.05, 3.63) is 53.4 Å². The molecule has 2 fully saturated rings. The summed E-state index contributed by atoms with van der Waals surface area (Å²) in [6.45, 7) is 4.86. The molecule has 2 bridgehead atoms. The van der Waals surface area contributed by atoms with E-state index in [2.05, 4.69) is 22.9 Å². The number of rotatable bonds is 7. The quantitative estimate of drug-likeness (QED) is 0.509. The van der Waals surface area contributed by atoms with Crippen molar-refractivity contribution in [1.82, 2.24) is 19.7 Å². The van der Waals surface area contributed by atoms with Gasteiger partial charge in [-0.3, -0.25) is 0 Å². The van der Waals surface area contributed by atoms with Gasteiger partial charge in [-0.1, -0.05) is 17.7 Å². The molecule has 32 heavy (non-hydrogen) atoms. The number of nitrogens with zero attached hydrogens (tertiary/aromatic N) is 5. The summed E-state index contributed by atoms with van der Waals surface area (Å²) in [5.74, 6) is 4.08. The Morgan fingerprint density at radius 3 is 2.66 bits per heavy atom. The van der Waals surface area contributed by atoms with E-state index in [1.54, 1.807) is 13.2 Å². The maximum atomic E-state index is 6.09. The van der Waals surface area contributed by atoms with E-state index in [9.17, 15) is 0 Å². The average Bonchev–Trinajstić information content (AvgIpc) is 3.28. The summed E-state index contributed by atoms with van der Waals surface area (Å²) in [5, 5.41) is 5.39. The van der Waals surface area contributed by atoms with Crippen LogP contribution in [0.15, 0.2) is 42.6 Å². The number of hydrogen-bond acceptors (Lipinski definition) is 6. The molecule has 0 N–H and O–H groups in total. The second-order valence-corrected chi connectivity index (χ2v) is 9.05. The number of aromatic nitrogens is 4. The molecule has 2 unspecified atom stereocenters. The van der Waals surface area contributed by atoms with Crippen LogP contribution in [0.3, 0.4) is 0 Å². The van der Waals surface area contributed by atoms with Gasteiger partial charge in [0.15, 0.2) is 5.82 Å². The van der Waals surface area contributed by atoms with Crippen molar-refractivity contribution < 1.29 is 9.47 Å². The first-order valence-electron chi connectivity index (χ1n) is 11.2. The summed E-state index contributed by atoms with van der Waals surface area (Å²) in [7, 11) is 1.66. The highest BCUT2D eigenvalue weighted by Gasteiger charge is 2.42. The Hall–Kier alpha value is -2.80. The van der Waals surface area contributed by atoms with Gasteiger partial charge in [-0.15, -0.1) is 0 Å². The Morgan fingerprint density at radius 1 is 1.12 bits per heavy atom. The number of hydrogen-bond donors (Lipinski definition) is 0. The second kappa shape index (κ2) is 8.98. The molecule has 1 aliphatic heterocycles. The van der Waals surface area contributed by atoms with Gasteiger partial charge in [-0.2, -0.15) is 10.1 Å². The molecule has 2 atom stereocenters. The zero-order valence-electron chi connectivity index (χ0n) is 18.4. The van der Waals surface area contributed by atoms with Crippen LogP contribution in [0.5, 0.6) is 17.6 Å². The summed E-state index contributed by atoms with van der Waals surface area (Å²) in [5.41, 5.74) is 1.19. The summed E-state index contributed by atoms with van der Waals surface area (Å²) in [6.07, 6.45) is 5.23. The van der Waals surface area contributed by atoms with E-state index in [1.165, 1.54) is 18.5 Å². The van der Waals surface area contributed by atoms with Crippen molar-refractivity contribution in [3.63, 3.8) is 0 Å². The van der Waals surface area contributed by atoms with Crippen molar-refractivity contribution in [1.29, 1.82) is 0 Å². The number of benzene rings is 1. The van der Waals surface area contributed by atoms with E-state index in [4.69, 9.17) is 31.2 Å². The van der Waals surface area contributed by atoms with Crippen LogP contribution in [-0.4, -0.2) is 39.9 Å². The Bertz CT molecular complexity index is 1070. The van der Waals surface area contributed by atoms with Gasteiger partial charge in [0.1, 0.15) is 5.75 Å². The third kappa shape index (κ3) is 4.26. The smallest absolute Gasteiger partial charge is 0.320 e. The van der Waals surface area contributed by atoms with Gasteiger partial charge < -0.3 is 14.4 Å².